The molecule has 0 amide bonds. The lowest BCUT2D eigenvalue weighted by Crippen LogP contribution is -2.21. The van der Waals surface area contributed by atoms with Gasteiger partial charge in [-0.2, -0.15) is 0 Å². The Morgan fingerprint density at radius 3 is 2.11 bits per heavy atom. The van der Waals surface area contributed by atoms with Crippen LogP contribution in [-0.2, 0) is 19.1 Å². The fraction of sp³-hybridized carbons (Fsp3) is 0.867. The Balaban J connectivity index is 3.75. The van der Waals surface area contributed by atoms with Gasteiger partial charge in [-0.15, -0.1) is 0 Å². The molecule has 0 aromatic carbocycles. The minimum Gasteiger partial charge on any atom is -0.465 e. The lowest BCUT2D eigenvalue weighted by molar-refractivity contribution is -0.154. The van der Waals surface area contributed by atoms with Gasteiger partial charge in [-0.1, -0.05) is 34.1 Å². The zero-order valence-electron chi connectivity index (χ0n) is 12.9. The van der Waals surface area contributed by atoms with E-state index in [9.17, 15) is 9.59 Å². The van der Waals surface area contributed by atoms with Crippen molar-refractivity contribution in [2.24, 2.45) is 11.8 Å². The van der Waals surface area contributed by atoms with Crippen molar-refractivity contribution in [2.75, 3.05) is 6.61 Å². The van der Waals surface area contributed by atoms with Crippen LogP contribution in [0.4, 0.5) is 0 Å². The first-order valence-corrected chi connectivity index (χ1v) is 7.21. The molecule has 0 heterocycles. The van der Waals surface area contributed by atoms with E-state index in [0.717, 1.165) is 12.8 Å². The van der Waals surface area contributed by atoms with Gasteiger partial charge in [0.25, 0.3) is 0 Å². The molecule has 0 fully saturated rings. The fourth-order valence-electron chi connectivity index (χ4n) is 1.49. The molecule has 0 N–H and O–H groups in total. The van der Waals surface area contributed by atoms with Crippen molar-refractivity contribution in [3.63, 3.8) is 0 Å². The van der Waals surface area contributed by atoms with Crippen LogP contribution in [0.3, 0.4) is 0 Å². The molecule has 0 saturated carbocycles. The van der Waals surface area contributed by atoms with Gasteiger partial charge in [0.2, 0.25) is 0 Å². The molecule has 4 heteroatoms. The summed E-state index contributed by atoms with van der Waals surface area (Å²) in [6.07, 6.45) is 2.20. The van der Waals surface area contributed by atoms with Gasteiger partial charge >= 0.3 is 11.9 Å². The lowest BCUT2D eigenvalue weighted by atomic mass is 10.1. The van der Waals surface area contributed by atoms with Gasteiger partial charge in [0.05, 0.1) is 19.4 Å². The number of carbonyl (C=O) groups excluding carboxylic acids is 2. The van der Waals surface area contributed by atoms with Crippen LogP contribution in [0.15, 0.2) is 0 Å². The number of hydrogen-bond donors (Lipinski definition) is 0. The molecule has 0 aliphatic heterocycles. The first kappa shape index (κ1) is 17.9. The summed E-state index contributed by atoms with van der Waals surface area (Å²) in [6.45, 7) is 10.4. The van der Waals surface area contributed by atoms with Crippen molar-refractivity contribution in [2.45, 2.75) is 66.4 Å². The molecule has 0 aromatic rings. The minimum atomic E-state index is -0.334. The van der Waals surface area contributed by atoms with Gasteiger partial charge in [0.1, 0.15) is 6.10 Å². The van der Waals surface area contributed by atoms with Gasteiger partial charge in [0, 0.05) is 0 Å². The van der Waals surface area contributed by atoms with Crippen molar-refractivity contribution in [1.82, 2.24) is 0 Å². The SMILES string of the molecule is CCCC(C)COC(=O)CCC(=O)OC(C)C(C)C. The van der Waals surface area contributed by atoms with E-state index >= 15 is 0 Å². The second kappa shape index (κ2) is 9.82. The molecule has 0 saturated heterocycles. The van der Waals surface area contributed by atoms with E-state index in [-0.39, 0.29) is 36.8 Å². The number of esters is 2. The largest absolute Gasteiger partial charge is 0.465 e. The second-order valence-corrected chi connectivity index (χ2v) is 5.52. The highest BCUT2D eigenvalue weighted by Gasteiger charge is 2.15. The van der Waals surface area contributed by atoms with Gasteiger partial charge in [-0.05, 0) is 25.2 Å². The fourth-order valence-corrected chi connectivity index (χ4v) is 1.49. The molecule has 112 valence electrons. The summed E-state index contributed by atoms with van der Waals surface area (Å²) in [5.74, 6) is 0.00418. The molecule has 0 aliphatic rings. The summed E-state index contributed by atoms with van der Waals surface area (Å²) in [5.41, 5.74) is 0. The van der Waals surface area contributed by atoms with Crippen LogP contribution in [0.25, 0.3) is 0 Å². The van der Waals surface area contributed by atoms with Crippen LogP contribution in [0.5, 0.6) is 0 Å². The average Bonchev–Trinajstić information content (AvgIpc) is 2.34. The van der Waals surface area contributed by atoms with Crippen LogP contribution in [0.2, 0.25) is 0 Å². The van der Waals surface area contributed by atoms with Crippen molar-refractivity contribution in [3.8, 4) is 0 Å². The Labute approximate surface area is 116 Å². The highest BCUT2D eigenvalue weighted by molar-refractivity contribution is 5.77. The third-order valence-corrected chi connectivity index (χ3v) is 3.10. The molecule has 0 aromatic heterocycles. The molecule has 0 aliphatic carbocycles. The summed E-state index contributed by atoms with van der Waals surface area (Å²) in [4.78, 5) is 22.9. The van der Waals surface area contributed by atoms with Gasteiger partial charge in [-0.25, -0.2) is 0 Å². The average molecular weight is 272 g/mol. The molecule has 0 rings (SSSR count). The van der Waals surface area contributed by atoms with E-state index in [0.29, 0.717) is 12.5 Å². The summed E-state index contributed by atoms with van der Waals surface area (Å²) in [7, 11) is 0. The highest BCUT2D eigenvalue weighted by atomic mass is 16.5. The molecule has 0 bridgehead atoms. The molecule has 2 atom stereocenters. The Morgan fingerprint density at radius 2 is 1.58 bits per heavy atom. The van der Waals surface area contributed by atoms with E-state index in [2.05, 4.69) is 13.8 Å². The van der Waals surface area contributed by atoms with Crippen molar-refractivity contribution < 1.29 is 19.1 Å². The molecule has 0 radical (unpaired) electrons. The topological polar surface area (TPSA) is 52.6 Å². The van der Waals surface area contributed by atoms with Gasteiger partial charge in [0.15, 0.2) is 0 Å². The van der Waals surface area contributed by atoms with Crippen molar-refractivity contribution in [1.29, 1.82) is 0 Å². The number of ether oxygens (including phenoxy) is 2. The maximum Gasteiger partial charge on any atom is 0.306 e. The maximum absolute atomic E-state index is 11.5. The first-order chi connectivity index (χ1) is 8.86. The Morgan fingerprint density at radius 1 is 1.00 bits per heavy atom. The molecular weight excluding hydrogens is 244 g/mol. The zero-order chi connectivity index (χ0) is 14.8. The molecule has 0 spiro atoms. The summed E-state index contributed by atoms with van der Waals surface area (Å²) >= 11 is 0. The third-order valence-electron chi connectivity index (χ3n) is 3.10. The summed E-state index contributed by atoms with van der Waals surface area (Å²) in [6, 6.07) is 0. The smallest absolute Gasteiger partial charge is 0.306 e. The number of hydrogen-bond acceptors (Lipinski definition) is 4. The highest BCUT2D eigenvalue weighted by Crippen LogP contribution is 2.09. The third kappa shape index (κ3) is 9.51. The standard InChI is InChI=1S/C15H28O4/c1-6-7-12(4)10-18-14(16)8-9-15(17)19-13(5)11(2)3/h11-13H,6-10H2,1-5H3. The molecule has 2 unspecified atom stereocenters. The predicted octanol–water partition coefficient (Wildman–Crippen LogP) is 3.33. The van der Waals surface area contributed by atoms with E-state index in [4.69, 9.17) is 9.47 Å². The molecular formula is C15H28O4. The Bertz CT molecular complexity index is 273. The number of rotatable bonds is 9. The van der Waals surface area contributed by atoms with Crippen LogP contribution < -0.4 is 0 Å². The van der Waals surface area contributed by atoms with Crippen molar-refractivity contribution in [3.05, 3.63) is 0 Å². The predicted molar refractivity (Wildman–Crippen MR) is 74.7 cm³/mol. The Kier molecular flexibility index (Phi) is 9.27. The normalized spacial score (nSPS) is 14.0. The van der Waals surface area contributed by atoms with Crippen LogP contribution in [-0.4, -0.2) is 24.6 Å². The summed E-state index contributed by atoms with van der Waals surface area (Å²) < 4.78 is 10.3. The van der Waals surface area contributed by atoms with Gasteiger partial charge < -0.3 is 9.47 Å². The second-order valence-electron chi connectivity index (χ2n) is 5.52. The maximum atomic E-state index is 11.5. The zero-order valence-corrected chi connectivity index (χ0v) is 12.9. The van der Waals surface area contributed by atoms with E-state index in [1.165, 1.54) is 0 Å². The van der Waals surface area contributed by atoms with E-state index < -0.39 is 0 Å². The minimum absolute atomic E-state index is 0.0953. The first-order valence-electron chi connectivity index (χ1n) is 7.21. The molecule has 19 heavy (non-hydrogen) atoms. The van der Waals surface area contributed by atoms with E-state index in [1.807, 2.05) is 20.8 Å². The van der Waals surface area contributed by atoms with Crippen molar-refractivity contribution >= 4 is 11.9 Å². The quantitative estimate of drug-likeness (QED) is 0.604. The number of carbonyl (C=O) groups is 2. The van der Waals surface area contributed by atoms with Crippen LogP contribution >= 0.6 is 0 Å². The Hall–Kier alpha value is -1.06. The summed E-state index contributed by atoms with van der Waals surface area (Å²) in [5, 5.41) is 0. The van der Waals surface area contributed by atoms with Crippen LogP contribution in [0.1, 0.15) is 60.3 Å². The monoisotopic (exact) mass is 272 g/mol. The van der Waals surface area contributed by atoms with Crippen LogP contribution in [0, 0.1) is 11.8 Å². The lowest BCUT2D eigenvalue weighted by Gasteiger charge is -2.16. The molecule has 4 nitrogen and oxygen atoms in total. The van der Waals surface area contributed by atoms with E-state index in [1.54, 1.807) is 0 Å². The van der Waals surface area contributed by atoms with Gasteiger partial charge in [-0.3, -0.25) is 9.59 Å².